The molecule has 1 heterocycles. The number of rotatable bonds is 5. The van der Waals surface area contributed by atoms with E-state index in [0.717, 1.165) is 31.3 Å². The minimum atomic E-state index is -0.717. The summed E-state index contributed by atoms with van der Waals surface area (Å²) in [5.41, 5.74) is 1.07. The van der Waals surface area contributed by atoms with Crippen LogP contribution < -0.4 is 5.32 Å². The van der Waals surface area contributed by atoms with Crippen molar-refractivity contribution in [1.82, 2.24) is 5.32 Å². The first-order valence-corrected chi connectivity index (χ1v) is 11.5. The van der Waals surface area contributed by atoms with Crippen molar-refractivity contribution in [3.8, 4) is 0 Å². The zero-order valence-electron chi connectivity index (χ0n) is 19.4. The maximum atomic E-state index is 12.3. The third-order valence-corrected chi connectivity index (χ3v) is 4.74. The number of allylic oxidation sites excluding steroid dienone is 11. The highest BCUT2D eigenvalue weighted by Gasteiger charge is 2.08. The highest BCUT2D eigenvalue weighted by atomic mass is 16.3. The lowest BCUT2D eigenvalue weighted by atomic mass is 10.1. The van der Waals surface area contributed by atoms with Crippen LogP contribution in [0, 0.1) is 0 Å². The van der Waals surface area contributed by atoms with Crippen LogP contribution in [0.25, 0.3) is 0 Å². The van der Waals surface area contributed by atoms with Gasteiger partial charge in [0, 0.05) is 18.5 Å². The fourth-order valence-corrected chi connectivity index (χ4v) is 2.97. The molecule has 32 heavy (non-hydrogen) atoms. The van der Waals surface area contributed by atoms with Crippen molar-refractivity contribution in [2.24, 2.45) is 0 Å². The van der Waals surface area contributed by atoms with Crippen LogP contribution in [0.1, 0.15) is 52.4 Å². The zero-order valence-corrected chi connectivity index (χ0v) is 19.4. The average molecular weight is 438 g/mol. The van der Waals surface area contributed by atoms with Crippen molar-refractivity contribution in [1.29, 1.82) is 0 Å². The Morgan fingerprint density at radius 1 is 1.00 bits per heavy atom. The highest BCUT2D eigenvalue weighted by Crippen LogP contribution is 2.08. The molecule has 3 unspecified atom stereocenters. The third kappa shape index (κ3) is 15.2. The van der Waals surface area contributed by atoms with E-state index in [4.69, 9.17) is 0 Å². The van der Waals surface area contributed by atoms with Gasteiger partial charge in [-0.25, -0.2) is 0 Å². The van der Waals surface area contributed by atoms with Crippen molar-refractivity contribution in [2.45, 2.75) is 70.6 Å². The second-order valence-electron chi connectivity index (χ2n) is 7.88. The second kappa shape index (κ2) is 17.9. The van der Waals surface area contributed by atoms with E-state index in [9.17, 15) is 15.0 Å². The van der Waals surface area contributed by atoms with Gasteiger partial charge in [-0.05, 0) is 32.6 Å². The van der Waals surface area contributed by atoms with Crippen LogP contribution in [-0.4, -0.2) is 34.4 Å². The fraction of sp³-hybridized carbons (Fsp3) is 0.393. The zero-order chi connectivity index (χ0) is 23.4. The van der Waals surface area contributed by atoms with E-state index in [0.29, 0.717) is 6.42 Å². The molecule has 0 saturated heterocycles. The Morgan fingerprint density at radius 2 is 1.78 bits per heavy atom. The number of nitrogens with one attached hydrogen (secondary N) is 1. The summed E-state index contributed by atoms with van der Waals surface area (Å²) in [4.78, 5) is 12.3. The molecule has 0 aliphatic carbocycles. The van der Waals surface area contributed by atoms with Crippen molar-refractivity contribution >= 4 is 5.91 Å². The molecule has 4 nitrogen and oxygen atoms in total. The van der Waals surface area contributed by atoms with Crippen LogP contribution in [0.15, 0.2) is 96.7 Å². The van der Waals surface area contributed by atoms with E-state index in [1.807, 2.05) is 37.3 Å². The number of carbonyl (C=O) groups excluding carboxylic acids is 1. The van der Waals surface area contributed by atoms with Crippen LogP contribution in [0.2, 0.25) is 0 Å². The highest BCUT2D eigenvalue weighted by molar-refractivity contribution is 5.88. The Labute approximate surface area is 193 Å². The number of hydrogen-bond donors (Lipinski definition) is 3. The van der Waals surface area contributed by atoms with Gasteiger partial charge in [0.05, 0.1) is 12.2 Å². The normalized spacial score (nSPS) is 30.8. The maximum Gasteiger partial charge on any atom is 0.244 e. The summed E-state index contributed by atoms with van der Waals surface area (Å²) in [6.07, 6.45) is 31.4. The molecule has 1 aliphatic rings. The predicted molar refractivity (Wildman–Crippen MR) is 135 cm³/mol. The first kappa shape index (κ1) is 27.3. The molecule has 0 aromatic rings. The number of carbonyl (C=O) groups is 1. The topological polar surface area (TPSA) is 69.6 Å². The molecule has 1 amide bonds. The summed E-state index contributed by atoms with van der Waals surface area (Å²) in [7, 11) is 0. The van der Waals surface area contributed by atoms with Gasteiger partial charge in [-0.15, -0.1) is 0 Å². The van der Waals surface area contributed by atoms with E-state index < -0.39 is 12.2 Å². The van der Waals surface area contributed by atoms with Gasteiger partial charge in [0.25, 0.3) is 0 Å². The molecule has 0 aromatic heterocycles. The van der Waals surface area contributed by atoms with Crippen LogP contribution in [0.4, 0.5) is 0 Å². The average Bonchev–Trinajstić information content (AvgIpc) is 2.75. The van der Waals surface area contributed by atoms with Crippen LogP contribution >= 0.6 is 0 Å². The summed E-state index contributed by atoms with van der Waals surface area (Å²) in [6, 6.07) is 0.00300. The van der Waals surface area contributed by atoms with E-state index >= 15 is 0 Å². The Balaban J connectivity index is 2.87. The maximum absolute atomic E-state index is 12.3. The molecule has 0 bridgehead atoms. The van der Waals surface area contributed by atoms with Crippen LogP contribution in [-0.2, 0) is 4.79 Å². The molecule has 0 aromatic carbocycles. The summed E-state index contributed by atoms with van der Waals surface area (Å²) < 4.78 is 0. The molecule has 0 radical (unpaired) electrons. The predicted octanol–water partition coefficient (Wildman–Crippen LogP) is 5.41. The number of unbranched alkanes of at least 4 members (excludes halogenated alkanes) is 1. The Morgan fingerprint density at radius 3 is 2.59 bits per heavy atom. The lowest BCUT2D eigenvalue weighted by molar-refractivity contribution is -0.117. The van der Waals surface area contributed by atoms with E-state index in [2.05, 4.69) is 36.5 Å². The van der Waals surface area contributed by atoms with Gasteiger partial charge in [-0.3, -0.25) is 4.79 Å². The fourth-order valence-electron chi connectivity index (χ4n) is 2.97. The smallest absolute Gasteiger partial charge is 0.244 e. The summed E-state index contributed by atoms with van der Waals surface area (Å²) >= 11 is 0. The second-order valence-corrected chi connectivity index (χ2v) is 7.88. The van der Waals surface area contributed by atoms with Crippen LogP contribution in [0.5, 0.6) is 0 Å². The molecule has 3 atom stereocenters. The van der Waals surface area contributed by atoms with Crippen molar-refractivity contribution in [2.75, 3.05) is 0 Å². The van der Waals surface area contributed by atoms with Gasteiger partial charge in [-0.1, -0.05) is 104 Å². The molecule has 174 valence electrons. The molecule has 0 fully saturated rings. The summed E-state index contributed by atoms with van der Waals surface area (Å²) in [5.74, 6) is -0.140. The molecule has 1 aliphatic heterocycles. The molecular weight excluding hydrogens is 398 g/mol. The van der Waals surface area contributed by atoms with Gasteiger partial charge < -0.3 is 15.5 Å². The molecule has 3 N–H and O–H groups in total. The molecule has 4 heteroatoms. The minimum Gasteiger partial charge on any atom is -0.393 e. The molecule has 1 rings (SSSR count). The van der Waals surface area contributed by atoms with Crippen molar-refractivity contribution in [3.63, 3.8) is 0 Å². The number of aliphatic hydroxyl groups is 2. The van der Waals surface area contributed by atoms with Gasteiger partial charge >= 0.3 is 0 Å². The Hall–Kier alpha value is -2.69. The standard InChI is InChI=1S/C28H39NO3/c1-3-4-5-6-7-10-18-25-19-14-13-16-24(2)17-15-21-27(31)23-26(30)20-11-8-9-12-22-28(32)29-25/h5-17,20,22,25-27,30-31H,3-4,18-19,21,23H2,1-2H3,(H,29,32)/b6-5+,9-8+,10-7+,14-13+,17-15+,20-11+,22-12-,24-16+. The number of aliphatic hydroxyl groups excluding tert-OH is 2. The first-order valence-electron chi connectivity index (χ1n) is 11.5. The molecular formula is C28H39NO3. The van der Waals surface area contributed by atoms with Gasteiger partial charge in [0.15, 0.2) is 0 Å². The molecule has 0 saturated carbocycles. The monoisotopic (exact) mass is 437 g/mol. The third-order valence-electron chi connectivity index (χ3n) is 4.74. The largest absolute Gasteiger partial charge is 0.393 e. The van der Waals surface area contributed by atoms with E-state index in [-0.39, 0.29) is 18.4 Å². The lowest BCUT2D eigenvalue weighted by Gasteiger charge is -2.14. The minimum absolute atomic E-state index is 0.00300. The van der Waals surface area contributed by atoms with Gasteiger partial charge in [-0.2, -0.15) is 0 Å². The quantitative estimate of drug-likeness (QED) is 0.504. The van der Waals surface area contributed by atoms with Gasteiger partial charge in [0.1, 0.15) is 0 Å². The lowest BCUT2D eigenvalue weighted by Crippen LogP contribution is -2.32. The van der Waals surface area contributed by atoms with E-state index in [1.54, 1.807) is 30.4 Å². The Bertz CT molecular complexity index is 766. The number of hydrogen-bond acceptors (Lipinski definition) is 3. The van der Waals surface area contributed by atoms with Crippen molar-refractivity contribution < 1.29 is 15.0 Å². The summed E-state index contributed by atoms with van der Waals surface area (Å²) in [5, 5.41) is 23.1. The summed E-state index contributed by atoms with van der Waals surface area (Å²) in [6.45, 7) is 4.15. The first-order chi connectivity index (χ1) is 15.5. The van der Waals surface area contributed by atoms with E-state index in [1.165, 1.54) is 6.08 Å². The Kier molecular flexibility index (Phi) is 15.3. The van der Waals surface area contributed by atoms with Gasteiger partial charge in [0.2, 0.25) is 5.91 Å². The van der Waals surface area contributed by atoms with Crippen molar-refractivity contribution in [3.05, 3.63) is 96.7 Å². The number of amides is 1. The molecule has 0 spiro atoms. The SMILES string of the molecule is CCC/C=C/C=C/CC1C/C=C/C=C(C)/C=C/CC(O)CC(O)/C=C/C=C/C=C\C(=O)N1. The van der Waals surface area contributed by atoms with Crippen LogP contribution in [0.3, 0.4) is 0 Å².